The van der Waals surface area contributed by atoms with E-state index in [2.05, 4.69) is 48.6 Å². The van der Waals surface area contributed by atoms with Gasteiger partial charge in [0.05, 0.1) is 6.42 Å². The third kappa shape index (κ3) is 2.87. The quantitative estimate of drug-likeness (QED) is 0.467. The summed E-state index contributed by atoms with van der Waals surface area (Å²) in [5.41, 5.74) is 1.27. The highest BCUT2D eigenvalue weighted by Gasteiger charge is 2.40. The average Bonchev–Trinajstić information content (AvgIpc) is 2.38. The number of benzene rings is 1. The fourth-order valence-corrected chi connectivity index (χ4v) is 3.71. The zero-order valence-electron chi connectivity index (χ0n) is 10.8. The minimum absolute atomic E-state index is 0.0528. The van der Waals surface area contributed by atoms with Crippen LogP contribution in [0.4, 0.5) is 0 Å². The lowest BCUT2D eigenvalue weighted by Gasteiger charge is -2.39. The molecule has 0 saturated carbocycles. The normalized spacial score (nSPS) is 28.2. The molecule has 1 fully saturated rings. The van der Waals surface area contributed by atoms with Gasteiger partial charge in [0.2, 0.25) is 0 Å². The van der Waals surface area contributed by atoms with Crippen LogP contribution >= 0.6 is 22.6 Å². The molecule has 2 nitrogen and oxygen atoms in total. The first-order valence-electron chi connectivity index (χ1n) is 6.44. The van der Waals surface area contributed by atoms with Crippen molar-refractivity contribution in [1.82, 2.24) is 0 Å². The van der Waals surface area contributed by atoms with E-state index in [1.165, 1.54) is 5.56 Å². The summed E-state index contributed by atoms with van der Waals surface area (Å²) >= 11 is 2.32. The van der Waals surface area contributed by atoms with Crippen molar-refractivity contribution >= 4 is 28.6 Å². The molecule has 0 bridgehead atoms. The molecule has 1 aromatic rings. The fourth-order valence-electron chi connectivity index (χ4n) is 2.94. The van der Waals surface area contributed by atoms with Crippen molar-refractivity contribution in [3.63, 3.8) is 0 Å². The molecule has 3 atom stereocenters. The Morgan fingerprint density at radius 2 is 2.00 bits per heavy atom. The van der Waals surface area contributed by atoms with Crippen LogP contribution in [0.3, 0.4) is 0 Å². The van der Waals surface area contributed by atoms with Crippen molar-refractivity contribution in [2.24, 2.45) is 11.8 Å². The largest absolute Gasteiger partial charge is 0.461 e. The van der Waals surface area contributed by atoms with Crippen LogP contribution in [0.25, 0.3) is 0 Å². The van der Waals surface area contributed by atoms with Crippen LogP contribution in [-0.4, -0.2) is 16.5 Å². The Morgan fingerprint density at radius 3 is 2.56 bits per heavy atom. The van der Waals surface area contributed by atoms with Gasteiger partial charge in [-0.15, -0.1) is 0 Å². The second-order valence-corrected chi connectivity index (χ2v) is 6.11. The van der Waals surface area contributed by atoms with Gasteiger partial charge in [-0.2, -0.15) is 0 Å². The fraction of sp³-hybridized carbons (Fsp3) is 0.533. The molecule has 0 aliphatic carbocycles. The number of esters is 1. The van der Waals surface area contributed by atoms with E-state index in [-0.39, 0.29) is 12.1 Å². The Balaban J connectivity index is 2.32. The number of carbonyl (C=O) groups excluding carboxylic acids is 1. The molecule has 1 saturated heterocycles. The summed E-state index contributed by atoms with van der Waals surface area (Å²) in [4.78, 5) is 11.8. The molecule has 0 spiro atoms. The Morgan fingerprint density at radius 1 is 1.33 bits per heavy atom. The molecule has 1 aromatic carbocycles. The van der Waals surface area contributed by atoms with Crippen molar-refractivity contribution in [2.75, 3.05) is 4.43 Å². The summed E-state index contributed by atoms with van der Waals surface area (Å²) in [5, 5.41) is 0. The van der Waals surface area contributed by atoms with Gasteiger partial charge in [0, 0.05) is 16.3 Å². The molecular formula is C15H19IO2. The molecule has 2 rings (SSSR count). The first-order valence-corrected chi connectivity index (χ1v) is 7.96. The molecule has 1 aliphatic rings. The SMILES string of the molecule is CC(C)[C@@H]1[C@@H](CI)OC(=O)C[C@H]1c1ccccc1. The molecule has 0 unspecified atom stereocenters. The maximum atomic E-state index is 11.8. The highest BCUT2D eigenvalue weighted by atomic mass is 127. The predicted octanol–water partition coefficient (Wildman–Crippen LogP) is 3.79. The minimum Gasteiger partial charge on any atom is -0.461 e. The summed E-state index contributed by atoms with van der Waals surface area (Å²) in [6.07, 6.45) is 0.567. The predicted molar refractivity (Wildman–Crippen MR) is 80.9 cm³/mol. The van der Waals surface area contributed by atoms with E-state index in [4.69, 9.17) is 4.74 Å². The molecule has 98 valence electrons. The summed E-state index contributed by atoms with van der Waals surface area (Å²) in [7, 11) is 0. The van der Waals surface area contributed by atoms with Gasteiger partial charge in [0.1, 0.15) is 6.10 Å². The van der Waals surface area contributed by atoms with Gasteiger partial charge >= 0.3 is 5.97 Å². The van der Waals surface area contributed by atoms with Crippen molar-refractivity contribution < 1.29 is 9.53 Å². The van der Waals surface area contributed by atoms with Gasteiger partial charge in [-0.3, -0.25) is 4.79 Å². The number of carbonyl (C=O) groups is 1. The number of hydrogen-bond donors (Lipinski definition) is 0. The smallest absolute Gasteiger partial charge is 0.306 e. The van der Waals surface area contributed by atoms with Gasteiger partial charge < -0.3 is 4.74 Å². The topological polar surface area (TPSA) is 26.3 Å². The number of halogens is 1. The lowest BCUT2D eigenvalue weighted by molar-refractivity contribution is -0.159. The van der Waals surface area contributed by atoms with Crippen LogP contribution in [0, 0.1) is 11.8 Å². The third-order valence-electron chi connectivity index (χ3n) is 3.71. The molecule has 0 aromatic heterocycles. The van der Waals surface area contributed by atoms with Crippen LogP contribution in [0.15, 0.2) is 30.3 Å². The first-order chi connectivity index (χ1) is 8.63. The number of cyclic esters (lactones) is 1. The van der Waals surface area contributed by atoms with Crippen LogP contribution in [-0.2, 0) is 9.53 Å². The average molecular weight is 358 g/mol. The van der Waals surface area contributed by atoms with Crippen molar-refractivity contribution in [3.05, 3.63) is 35.9 Å². The summed E-state index contributed by atoms with van der Waals surface area (Å²) < 4.78 is 6.39. The molecule has 0 amide bonds. The van der Waals surface area contributed by atoms with Crippen LogP contribution in [0.1, 0.15) is 31.7 Å². The third-order valence-corrected chi connectivity index (χ3v) is 4.58. The van der Waals surface area contributed by atoms with E-state index < -0.39 is 0 Å². The maximum Gasteiger partial charge on any atom is 0.306 e. The molecule has 18 heavy (non-hydrogen) atoms. The highest BCUT2D eigenvalue weighted by molar-refractivity contribution is 14.1. The van der Waals surface area contributed by atoms with Crippen LogP contribution in [0.5, 0.6) is 0 Å². The van der Waals surface area contributed by atoms with E-state index in [1.54, 1.807) is 0 Å². The van der Waals surface area contributed by atoms with Gasteiger partial charge in [0.25, 0.3) is 0 Å². The van der Waals surface area contributed by atoms with Gasteiger partial charge in [-0.05, 0) is 11.5 Å². The Labute approximate surface area is 122 Å². The van der Waals surface area contributed by atoms with Gasteiger partial charge in [-0.25, -0.2) is 0 Å². The van der Waals surface area contributed by atoms with E-state index >= 15 is 0 Å². The first kappa shape index (κ1) is 13.8. The summed E-state index contributed by atoms with van der Waals surface area (Å²) in [6.45, 7) is 4.44. The van der Waals surface area contributed by atoms with Crippen molar-refractivity contribution in [3.8, 4) is 0 Å². The number of alkyl halides is 1. The molecule has 0 radical (unpaired) electrons. The molecular weight excluding hydrogens is 339 g/mol. The molecule has 1 aliphatic heterocycles. The molecule has 0 N–H and O–H groups in total. The Bertz CT molecular complexity index is 402. The zero-order chi connectivity index (χ0) is 13.1. The molecule has 3 heteroatoms. The minimum atomic E-state index is -0.0533. The highest BCUT2D eigenvalue weighted by Crippen LogP contribution is 2.40. The van der Waals surface area contributed by atoms with Crippen LogP contribution < -0.4 is 0 Å². The Kier molecular flexibility index (Phi) is 4.65. The molecule has 1 heterocycles. The lowest BCUT2D eigenvalue weighted by Crippen LogP contribution is -2.41. The summed E-state index contributed by atoms with van der Waals surface area (Å²) in [6, 6.07) is 10.4. The van der Waals surface area contributed by atoms with E-state index in [0.29, 0.717) is 24.2 Å². The maximum absolute atomic E-state index is 11.8. The monoisotopic (exact) mass is 358 g/mol. The zero-order valence-corrected chi connectivity index (χ0v) is 13.0. The number of ether oxygens (including phenoxy) is 1. The van der Waals surface area contributed by atoms with E-state index in [9.17, 15) is 4.79 Å². The number of rotatable bonds is 3. The van der Waals surface area contributed by atoms with E-state index in [1.807, 2.05) is 18.2 Å². The Hall–Kier alpha value is -0.580. The van der Waals surface area contributed by atoms with Gasteiger partial charge in [0.15, 0.2) is 0 Å². The van der Waals surface area contributed by atoms with E-state index in [0.717, 1.165) is 4.43 Å². The second-order valence-electron chi connectivity index (χ2n) is 5.23. The van der Waals surface area contributed by atoms with Gasteiger partial charge in [-0.1, -0.05) is 66.8 Å². The van der Waals surface area contributed by atoms with Crippen LogP contribution in [0.2, 0.25) is 0 Å². The summed E-state index contributed by atoms with van der Waals surface area (Å²) in [5.74, 6) is 1.18. The van der Waals surface area contributed by atoms with Crippen molar-refractivity contribution in [1.29, 1.82) is 0 Å². The standard InChI is InChI=1S/C15H19IO2/c1-10(2)15-12(11-6-4-3-5-7-11)8-14(17)18-13(15)9-16/h3-7,10,12-13,15H,8-9H2,1-2H3/t12-,13+,15-/m0/s1. The lowest BCUT2D eigenvalue weighted by atomic mass is 9.73. The number of hydrogen-bond acceptors (Lipinski definition) is 2. The second kappa shape index (κ2) is 6.04. The van der Waals surface area contributed by atoms with Crippen molar-refractivity contribution in [2.45, 2.75) is 32.3 Å².